The minimum Gasteiger partial charge on any atom is -0.497 e. The molecule has 0 spiro atoms. The number of aromatic nitrogens is 3. The number of anilines is 1. The SMILES string of the molecule is COc1ccc(Cl)c(S(=O)(=O)Nc2ccc(-c3cc4[nH]ncc4c(OCC4CNCCO4)n3)cc2)c1. The van der Waals surface area contributed by atoms with Gasteiger partial charge in [-0.25, -0.2) is 13.4 Å². The Labute approximate surface area is 213 Å². The van der Waals surface area contributed by atoms with Crippen molar-refractivity contribution in [1.29, 1.82) is 0 Å². The molecule has 1 aliphatic heterocycles. The molecule has 3 N–H and O–H groups in total. The second-order valence-corrected chi connectivity index (χ2v) is 10.2. The summed E-state index contributed by atoms with van der Waals surface area (Å²) in [6.07, 6.45) is 1.61. The molecule has 3 heterocycles. The molecular formula is C24H24ClN5O5S. The van der Waals surface area contributed by atoms with Gasteiger partial charge >= 0.3 is 0 Å². The van der Waals surface area contributed by atoms with Gasteiger partial charge in [-0.05, 0) is 30.3 Å². The fraction of sp³-hybridized carbons (Fsp3) is 0.250. The summed E-state index contributed by atoms with van der Waals surface area (Å²) < 4.78 is 45.2. The van der Waals surface area contributed by atoms with Crippen LogP contribution in [-0.4, -0.2) is 63.1 Å². The van der Waals surface area contributed by atoms with Gasteiger partial charge in [-0.15, -0.1) is 0 Å². The lowest BCUT2D eigenvalue weighted by Gasteiger charge is -2.23. The van der Waals surface area contributed by atoms with Crippen molar-refractivity contribution in [3.05, 3.63) is 59.8 Å². The third kappa shape index (κ3) is 5.24. The van der Waals surface area contributed by atoms with Crippen LogP contribution in [0.5, 0.6) is 11.6 Å². The summed E-state index contributed by atoms with van der Waals surface area (Å²) in [5, 5.41) is 11.2. The molecule has 4 aromatic rings. The van der Waals surface area contributed by atoms with E-state index in [1.54, 1.807) is 36.5 Å². The van der Waals surface area contributed by atoms with Gasteiger partial charge in [0.15, 0.2) is 0 Å². The van der Waals surface area contributed by atoms with E-state index in [0.717, 1.165) is 23.0 Å². The topological polar surface area (TPSA) is 127 Å². The molecule has 2 aromatic carbocycles. The maximum Gasteiger partial charge on any atom is 0.263 e. The molecule has 36 heavy (non-hydrogen) atoms. The number of morpholine rings is 1. The molecule has 1 unspecified atom stereocenters. The first-order valence-electron chi connectivity index (χ1n) is 11.2. The number of aromatic amines is 1. The lowest BCUT2D eigenvalue weighted by atomic mass is 10.1. The number of rotatable bonds is 8. The van der Waals surface area contributed by atoms with Crippen LogP contribution in [0.3, 0.4) is 0 Å². The van der Waals surface area contributed by atoms with Crippen LogP contribution in [0.2, 0.25) is 5.02 Å². The fourth-order valence-corrected chi connectivity index (χ4v) is 5.38. The second kappa shape index (κ2) is 10.3. The Balaban J connectivity index is 1.37. The smallest absolute Gasteiger partial charge is 0.263 e. The van der Waals surface area contributed by atoms with Crippen molar-refractivity contribution in [2.24, 2.45) is 0 Å². The fourth-order valence-electron chi connectivity index (χ4n) is 3.81. The monoisotopic (exact) mass is 529 g/mol. The third-order valence-electron chi connectivity index (χ3n) is 5.67. The highest BCUT2D eigenvalue weighted by molar-refractivity contribution is 7.92. The number of pyridine rings is 1. The first-order valence-corrected chi connectivity index (χ1v) is 13.0. The van der Waals surface area contributed by atoms with Gasteiger partial charge in [-0.3, -0.25) is 9.82 Å². The van der Waals surface area contributed by atoms with Gasteiger partial charge in [0.2, 0.25) is 5.88 Å². The van der Waals surface area contributed by atoms with Crippen LogP contribution in [0.15, 0.2) is 59.6 Å². The number of halogens is 1. The van der Waals surface area contributed by atoms with Crippen molar-refractivity contribution in [2.75, 3.05) is 38.1 Å². The highest BCUT2D eigenvalue weighted by Crippen LogP contribution is 2.31. The van der Waals surface area contributed by atoms with Crippen LogP contribution in [0.25, 0.3) is 22.2 Å². The van der Waals surface area contributed by atoms with Crippen molar-refractivity contribution >= 4 is 38.2 Å². The zero-order valence-electron chi connectivity index (χ0n) is 19.3. The van der Waals surface area contributed by atoms with Gasteiger partial charge in [0.25, 0.3) is 10.0 Å². The van der Waals surface area contributed by atoms with Crippen LogP contribution in [0.4, 0.5) is 5.69 Å². The zero-order valence-corrected chi connectivity index (χ0v) is 20.9. The van der Waals surface area contributed by atoms with E-state index in [4.69, 9.17) is 25.8 Å². The van der Waals surface area contributed by atoms with Gasteiger partial charge in [0.05, 0.1) is 41.5 Å². The van der Waals surface area contributed by atoms with Crippen molar-refractivity contribution < 1.29 is 22.6 Å². The Hall–Kier alpha value is -3.38. The van der Waals surface area contributed by atoms with Crippen molar-refractivity contribution in [2.45, 2.75) is 11.0 Å². The van der Waals surface area contributed by atoms with Crippen LogP contribution in [-0.2, 0) is 14.8 Å². The Bertz CT molecular complexity index is 1470. The van der Waals surface area contributed by atoms with E-state index < -0.39 is 10.0 Å². The molecule has 2 aromatic heterocycles. The number of fused-ring (bicyclic) bond motifs is 1. The number of nitrogens with zero attached hydrogens (tertiary/aromatic N) is 2. The minimum atomic E-state index is -3.93. The van der Waals surface area contributed by atoms with Crippen molar-refractivity contribution in [3.8, 4) is 22.9 Å². The molecule has 1 saturated heterocycles. The molecule has 0 amide bonds. The molecule has 0 saturated carbocycles. The summed E-state index contributed by atoms with van der Waals surface area (Å²) in [6.45, 7) is 2.54. The summed E-state index contributed by atoms with van der Waals surface area (Å²) in [5.41, 5.74) is 2.57. The average Bonchev–Trinajstić information content (AvgIpc) is 3.37. The van der Waals surface area contributed by atoms with Crippen molar-refractivity contribution in [3.63, 3.8) is 0 Å². The molecule has 1 fully saturated rings. The summed E-state index contributed by atoms with van der Waals surface area (Å²) >= 11 is 6.12. The lowest BCUT2D eigenvalue weighted by Crippen LogP contribution is -2.41. The third-order valence-corrected chi connectivity index (χ3v) is 7.54. The van der Waals surface area contributed by atoms with Crippen LogP contribution in [0, 0.1) is 0 Å². The van der Waals surface area contributed by atoms with E-state index >= 15 is 0 Å². The molecule has 0 bridgehead atoms. The van der Waals surface area contributed by atoms with Crippen molar-refractivity contribution in [1.82, 2.24) is 20.5 Å². The molecule has 10 nitrogen and oxygen atoms in total. The van der Waals surface area contributed by atoms with E-state index in [1.165, 1.54) is 19.2 Å². The highest BCUT2D eigenvalue weighted by Gasteiger charge is 2.20. The number of hydrogen-bond donors (Lipinski definition) is 3. The number of H-pyrrole nitrogens is 1. The first kappa shape index (κ1) is 24.3. The Morgan fingerprint density at radius 1 is 1.19 bits per heavy atom. The molecule has 0 radical (unpaired) electrons. The Morgan fingerprint density at radius 3 is 2.78 bits per heavy atom. The average molecular weight is 530 g/mol. The Morgan fingerprint density at radius 2 is 2.03 bits per heavy atom. The molecule has 12 heteroatoms. The van der Waals surface area contributed by atoms with E-state index in [1.807, 2.05) is 6.07 Å². The molecule has 0 aliphatic carbocycles. The maximum atomic E-state index is 12.9. The first-order chi connectivity index (χ1) is 17.4. The standard InChI is InChI=1S/C24H24ClN5O5S/c1-33-17-6-7-20(25)23(10-17)36(31,32)30-16-4-2-15(3-5-16)21-11-22-19(13-27-29-22)24(28-21)35-14-18-12-26-8-9-34-18/h2-7,10-11,13,18,26,30H,8-9,12,14H2,1H3,(H,27,29). The maximum absolute atomic E-state index is 12.9. The van der Waals surface area contributed by atoms with Gasteiger partial charge in [-0.2, -0.15) is 5.10 Å². The molecule has 1 atom stereocenters. The van der Waals surface area contributed by atoms with Gasteiger partial charge in [-0.1, -0.05) is 23.7 Å². The number of sulfonamides is 1. The zero-order chi connectivity index (χ0) is 25.1. The molecule has 5 rings (SSSR count). The minimum absolute atomic E-state index is 0.0588. The van der Waals surface area contributed by atoms with Crippen LogP contribution < -0.4 is 19.5 Å². The predicted octanol–water partition coefficient (Wildman–Crippen LogP) is 3.45. The quantitative estimate of drug-likeness (QED) is 0.317. The van der Waals surface area contributed by atoms with E-state index in [9.17, 15) is 8.42 Å². The summed E-state index contributed by atoms with van der Waals surface area (Å²) in [6, 6.07) is 13.2. The van der Waals surface area contributed by atoms with Crippen LogP contribution in [0.1, 0.15) is 0 Å². The summed E-state index contributed by atoms with van der Waals surface area (Å²) in [4.78, 5) is 4.61. The summed E-state index contributed by atoms with van der Waals surface area (Å²) in [7, 11) is -2.47. The van der Waals surface area contributed by atoms with Crippen LogP contribution >= 0.6 is 11.6 Å². The van der Waals surface area contributed by atoms with E-state index in [2.05, 4.69) is 25.2 Å². The number of hydrogen-bond acceptors (Lipinski definition) is 8. The van der Waals surface area contributed by atoms with Gasteiger partial charge in [0.1, 0.15) is 23.4 Å². The highest BCUT2D eigenvalue weighted by atomic mass is 35.5. The number of methoxy groups -OCH3 is 1. The van der Waals surface area contributed by atoms with Gasteiger partial charge < -0.3 is 19.5 Å². The number of nitrogens with one attached hydrogen (secondary N) is 3. The van der Waals surface area contributed by atoms with E-state index in [-0.39, 0.29) is 16.0 Å². The predicted molar refractivity (Wildman–Crippen MR) is 136 cm³/mol. The molecular weight excluding hydrogens is 506 g/mol. The molecule has 188 valence electrons. The van der Waals surface area contributed by atoms with Gasteiger partial charge in [0, 0.05) is 30.4 Å². The second-order valence-electron chi connectivity index (χ2n) is 8.13. The normalized spacial score (nSPS) is 16.1. The Kier molecular flexibility index (Phi) is 6.97. The number of benzene rings is 2. The largest absolute Gasteiger partial charge is 0.497 e. The lowest BCUT2D eigenvalue weighted by molar-refractivity contribution is -0.000363. The summed E-state index contributed by atoms with van der Waals surface area (Å²) in [5.74, 6) is 0.836. The molecule has 1 aliphatic rings. The van der Waals surface area contributed by atoms with E-state index in [0.29, 0.717) is 42.8 Å². The number of ether oxygens (including phenoxy) is 3.